The number of aryl methyl sites for hydroxylation is 1. The number of carbonyl (C=O) groups excluding carboxylic acids is 1. The van der Waals surface area contributed by atoms with Gasteiger partial charge in [-0.2, -0.15) is 0 Å². The van der Waals surface area contributed by atoms with Crippen molar-refractivity contribution in [1.82, 2.24) is 9.97 Å². The van der Waals surface area contributed by atoms with Crippen LogP contribution in [-0.4, -0.2) is 35.0 Å². The molecule has 1 amide bonds. The second-order valence-electron chi connectivity index (χ2n) is 10.0. The Morgan fingerprint density at radius 3 is 2.62 bits per heavy atom. The highest BCUT2D eigenvalue weighted by Gasteiger charge is 2.51. The largest absolute Gasteiger partial charge is 0.369 e. The molecule has 2 aromatic heterocycles. The van der Waals surface area contributed by atoms with E-state index in [1.54, 1.807) is 6.20 Å². The SMILES string of the molecule is Cl.NC(=O)C1(c2cc(-c3ccc4nc5c(c(N6CCCC(N)C6)c4c3)CCCC5)ccn2)CC1. The number of hydrogen-bond donors (Lipinski definition) is 2. The van der Waals surface area contributed by atoms with Crippen LogP contribution in [0.5, 0.6) is 0 Å². The topological polar surface area (TPSA) is 98.1 Å². The Morgan fingerprint density at radius 1 is 1.06 bits per heavy atom. The molecule has 1 aliphatic heterocycles. The predicted octanol–water partition coefficient (Wildman–Crippen LogP) is 4.04. The summed E-state index contributed by atoms with van der Waals surface area (Å²) >= 11 is 0. The average molecular weight is 478 g/mol. The van der Waals surface area contributed by atoms with Crippen LogP contribution in [0.3, 0.4) is 0 Å². The van der Waals surface area contributed by atoms with Crippen molar-refractivity contribution < 1.29 is 4.79 Å². The van der Waals surface area contributed by atoms with Crippen molar-refractivity contribution in [3.63, 3.8) is 0 Å². The summed E-state index contributed by atoms with van der Waals surface area (Å²) in [6, 6.07) is 10.8. The molecule has 34 heavy (non-hydrogen) atoms. The summed E-state index contributed by atoms with van der Waals surface area (Å²) in [7, 11) is 0. The molecule has 1 saturated heterocycles. The van der Waals surface area contributed by atoms with Gasteiger partial charge >= 0.3 is 0 Å². The Bertz CT molecular complexity index is 1260. The molecule has 0 spiro atoms. The van der Waals surface area contributed by atoms with Gasteiger partial charge in [-0.05, 0) is 92.3 Å². The van der Waals surface area contributed by atoms with Gasteiger partial charge in [-0.25, -0.2) is 0 Å². The van der Waals surface area contributed by atoms with E-state index in [2.05, 4.69) is 28.1 Å². The number of piperidine rings is 1. The second-order valence-corrected chi connectivity index (χ2v) is 10.0. The van der Waals surface area contributed by atoms with Crippen LogP contribution in [0.4, 0.5) is 5.69 Å². The Kier molecular flexibility index (Phi) is 5.98. The van der Waals surface area contributed by atoms with E-state index in [1.807, 2.05) is 12.1 Å². The zero-order valence-electron chi connectivity index (χ0n) is 19.4. The molecule has 3 heterocycles. The van der Waals surface area contributed by atoms with E-state index in [1.165, 1.54) is 35.2 Å². The Morgan fingerprint density at radius 2 is 1.85 bits per heavy atom. The molecule has 7 heteroatoms. The molecule has 1 aromatic carbocycles. The third kappa shape index (κ3) is 3.83. The molecule has 3 aliphatic rings. The summed E-state index contributed by atoms with van der Waals surface area (Å²) in [6.45, 7) is 1.94. The fourth-order valence-electron chi connectivity index (χ4n) is 5.78. The van der Waals surface area contributed by atoms with Gasteiger partial charge in [0.15, 0.2) is 0 Å². The number of anilines is 1. The first-order valence-electron chi connectivity index (χ1n) is 12.3. The van der Waals surface area contributed by atoms with Crippen molar-refractivity contribution in [2.24, 2.45) is 11.5 Å². The molecule has 3 aromatic rings. The van der Waals surface area contributed by atoms with Crippen molar-refractivity contribution in [3.8, 4) is 11.1 Å². The van der Waals surface area contributed by atoms with E-state index in [9.17, 15) is 4.79 Å². The molecule has 6 nitrogen and oxygen atoms in total. The van der Waals surface area contributed by atoms with Gasteiger partial charge in [0.05, 0.1) is 22.3 Å². The van der Waals surface area contributed by atoms with E-state index < -0.39 is 5.41 Å². The minimum absolute atomic E-state index is 0. The van der Waals surface area contributed by atoms with Crippen LogP contribution in [0.15, 0.2) is 36.5 Å². The molecule has 6 rings (SSSR count). The average Bonchev–Trinajstić information content (AvgIpc) is 3.65. The lowest BCUT2D eigenvalue weighted by Gasteiger charge is -2.36. The van der Waals surface area contributed by atoms with Gasteiger partial charge in [-0.1, -0.05) is 6.07 Å². The van der Waals surface area contributed by atoms with Crippen molar-refractivity contribution >= 4 is 34.9 Å². The van der Waals surface area contributed by atoms with E-state index in [0.717, 1.165) is 74.0 Å². The lowest BCUT2D eigenvalue weighted by atomic mass is 9.90. The lowest BCUT2D eigenvalue weighted by molar-refractivity contribution is -0.120. The Balaban J connectivity index is 0.00000241. The van der Waals surface area contributed by atoms with Gasteiger partial charge in [0.2, 0.25) is 5.91 Å². The number of nitrogens with zero attached hydrogens (tertiary/aromatic N) is 3. The van der Waals surface area contributed by atoms with Crippen LogP contribution >= 0.6 is 12.4 Å². The van der Waals surface area contributed by atoms with Crippen LogP contribution in [0.25, 0.3) is 22.0 Å². The summed E-state index contributed by atoms with van der Waals surface area (Å²) in [4.78, 5) is 24.1. The van der Waals surface area contributed by atoms with Gasteiger partial charge in [0.25, 0.3) is 0 Å². The Hall–Kier alpha value is -2.70. The molecule has 0 bridgehead atoms. The number of benzene rings is 1. The number of carbonyl (C=O) groups is 1. The predicted molar refractivity (Wildman–Crippen MR) is 138 cm³/mol. The lowest BCUT2D eigenvalue weighted by Crippen LogP contribution is -2.43. The highest BCUT2D eigenvalue weighted by Crippen LogP contribution is 2.48. The molecule has 4 N–H and O–H groups in total. The van der Waals surface area contributed by atoms with E-state index in [4.69, 9.17) is 16.5 Å². The molecule has 2 aliphatic carbocycles. The van der Waals surface area contributed by atoms with Gasteiger partial charge < -0.3 is 16.4 Å². The van der Waals surface area contributed by atoms with Crippen molar-refractivity contribution in [2.45, 2.75) is 62.8 Å². The number of aromatic nitrogens is 2. The zero-order chi connectivity index (χ0) is 22.6. The molecule has 0 radical (unpaired) electrons. The fraction of sp³-hybridized carbons (Fsp3) is 0.444. The second kappa shape index (κ2) is 8.82. The van der Waals surface area contributed by atoms with Crippen molar-refractivity contribution in [1.29, 1.82) is 0 Å². The minimum Gasteiger partial charge on any atom is -0.369 e. The monoisotopic (exact) mass is 477 g/mol. The third-order valence-corrected chi connectivity index (χ3v) is 7.81. The third-order valence-electron chi connectivity index (χ3n) is 7.81. The number of primary amides is 1. The summed E-state index contributed by atoms with van der Waals surface area (Å²) in [6.07, 6.45) is 10.2. The number of nitrogens with two attached hydrogens (primary N) is 2. The maximum atomic E-state index is 12.0. The first kappa shape index (κ1) is 23.1. The first-order chi connectivity index (χ1) is 16.0. The summed E-state index contributed by atoms with van der Waals surface area (Å²) in [5, 5.41) is 1.21. The Labute approximate surface area is 206 Å². The smallest absolute Gasteiger partial charge is 0.229 e. The molecule has 1 atom stereocenters. The van der Waals surface area contributed by atoms with E-state index in [-0.39, 0.29) is 24.4 Å². The van der Waals surface area contributed by atoms with Crippen molar-refractivity contribution in [3.05, 3.63) is 53.5 Å². The maximum absolute atomic E-state index is 12.0. The molecule has 1 unspecified atom stereocenters. The molecular weight excluding hydrogens is 446 g/mol. The highest BCUT2D eigenvalue weighted by molar-refractivity contribution is 5.97. The summed E-state index contributed by atoms with van der Waals surface area (Å²) in [5.41, 5.74) is 19.6. The van der Waals surface area contributed by atoms with Gasteiger partial charge in [-0.3, -0.25) is 14.8 Å². The first-order valence-corrected chi connectivity index (χ1v) is 12.3. The molecule has 1 saturated carbocycles. The number of hydrogen-bond acceptors (Lipinski definition) is 5. The summed E-state index contributed by atoms with van der Waals surface area (Å²) in [5.74, 6) is -0.273. The van der Waals surface area contributed by atoms with E-state index in [0.29, 0.717) is 0 Å². The van der Waals surface area contributed by atoms with Gasteiger partial charge in [0, 0.05) is 36.4 Å². The van der Waals surface area contributed by atoms with Crippen LogP contribution < -0.4 is 16.4 Å². The number of fused-ring (bicyclic) bond motifs is 2. The van der Waals surface area contributed by atoms with Crippen molar-refractivity contribution in [2.75, 3.05) is 18.0 Å². The van der Waals surface area contributed by atoms with Crippen LogP contribution in [0, 0.1) is 0 Å². The quantitative estimate of drug-likeness (QED) is 0.590. The maximum Gasteiger partial charge on any atom is 0.229 e. The van der Waals surface area contributed by atoms with Gasteiger partial charge in [-0.15, -0.1) is 12.4 Å². The molecular formula is C27H32ClN5O. The fourth-order valence-corrected chi connectivity index (χ4v) is 5.78. The van der Waals surface area contributed by atoms with Gasteiger partial charge in [0.1, 0.15) is 0 Å². The zero-order valence-corrected chi connectivity index (χ0v) is 20.2. The molecule has 2 fully saturated rings. The van der Waals surface area contributed by atoms with E-state index >= 15 is 0 Å². The minimum atomic E-state index is -0.581. The standard InChI is InChI=1S/C27H31N5O.ClH/c28-19-4-3-13-32(16-19)25-20-5-1-2-6-22(20)31-23-8-7-17(14-21(23)25)18-9-12-30-24(15-18)27(10-11-27)26(29)33;/h7-9,12,14-15,19H,1-6,10-11,13,16,28H2,(H2,29,33);1H. The normalized spacial score (nSPS) is 21.0. The summed E-state index contributed by atoms with van der Waals surface area (Å²) < 4.78 is 0. The number of pyridine rings is 2. The number of amides is 1. The number of halogens is 1. The molecule has 178 valence electrons. The van der Waals surface area contributed by atoms with Crippen LogP contribution in [0.2, 0.25) is 0 Å². The van der Waals surface area contributed by atoms with Crippen LogP contribution in [0.1, 0.15) is 55.5 Å². The highest BCUT2D eigenvalue weighted by atomic mass is 35.5. The van der Waals surface area contributed by atoms with Crippen LogP contribution in [-0.2, 0) is 23.1 Å². The number of rotatable bonds is 4.